The minimum absolute atomic E-state index is 0. The van der Waals surface area contributed by atoms with E-state index in [0.717, 1.165) is 17.2 Å². The SMILES string of the molecule is Cc1cc(F)cc([C@H]2C[C@H](F)CN2c2ccn3ncc(C#N)c3n2)c1.N#Cc1cnn2ccc(N3C[C@@H](F)C[C@@H]3c3cc(F)cc(OC=O)c3)nc12.O=C=O.[Na+].[OH-]. The molecule has 15 nitrogen and oxygen atoms in total. The molecule has 286 valence electrons. The van der Waals surface area contributed by atoms with Gasteiger partial charge in [0.1, 0.15) is 64.6 Å². The van der Waals surface area contributed by atoms with E-state index in [-0.39, 0.29) is 91.2 Å². The van der Waals surface area contributed by atoms with E-state index in [1.54, 1.807) is 29.4 Å². The summed E-state index contributed by atoms with van der Waals surface area (Å²) in [6.07, 6.45) is 4.69. The molecule has 2 aromatic carbocycles. The fourth-order valence-electron chi connectivity index (χ4n) is 6.76. The van der Waals surface area contributed by atoms with Crippen LogP contribution in [0.3, 0.4) is 0 Å². The number of halogens is 4. The second-order valence-electron chi connectivity index (χ2n) is 12.5. The number of aryl methyl sites for hydroxylation is 1. The Morgan fingerprint density at radius 1 is 0.772 bits per heavy atom. The van der Waals surface area contributed by atoms with Crippen molar-refractivity contribution < 1.29 is 71.7 Å². The Hall–Kier alpha value is -6.21. The van der Waals surface area contributed by atoms with Crippen LogP contribution in [0.1, 0.15) is 52.7 Å². The molecule has 0 aliphatic carbocycles. The first kappa shape index (κ1) is 43.5. The molecular weight excluding hydrogens is 763 g/mol. The third-order valence-electron chi connectivity index (χ3n) is 8.95. The number of fused-ring (bicyclic) bond motifs is 2. The Labute approximate surface area is 343 Å². The average Bonchev–Trinajstić information content (AvgIpc) is 3.95. The first-order valence-electron chi connectivity index (χ1n) is 16.5. The molecule has 0 unspecified atom stereocenters. The van der Waals surface area contributed by atoms with Crippen LogP contribution >= 0.6 is 0 Å². The predicted molar refractivity (Wildman–Crippen MR) is 186 cm³/mol. The van der Waals surface area contributed by atoms with Crippen LogP contribution in [0.15, 0.2) is 73.3 Å². The Kier molecular flexibility index (Phi) is 14.6. The Bertz CT molecular complexity index is 2480. The number of nitrogens with zero attached hydrogens (tertiary/aromatic N) is 10. The van der Waals surface area contributed by atoms with Crippen molar-refractivity contribution in [3.05, 3.63) is 113 Å². The summed E-state index contributed by atoms with van der Waals surface area (Å²) >= 11 is 0. The molecule has 2 aliphatic heterocycles. The van der Waals surface area contributed by atoms with Crippen LogP contribution in [0.2, 0.25) is 0 Å². The van der Waals surface area contributed by atoms with Gasteiger partial charge < -0.3 is 20.0 Å². The van der Waals surface area contributed by atoms with E-state index < -0.39 is 24.2 Å². The fraction of sp³-hybridized carbons (Fsp3) is 0.243. The van der Waals surface area contributed by atoms with Crippen LogP contribution in [0.5, 0.6) is 5.75 Å². The van der Waals surface area contributed by atoms with E-state index in [4.69, 9.17) is 24.8 Å². The second kappa shape index (κ2) is 19.1. The van der Waals surface area contributed by atoms with Gasteiger partial charge in [-0.2, -0.15) is 30.3 Å². The first-order chi connectivity index (χ1) is 26.5. The van der Waals surface area contributed by atoms with Gasteiger partial charge in [0.05, 0.1) is 37.6 Å². The van der Waals surface area contributed by atoms with Crippen LogP contribution in [-0.2, 0) is 14.4 Å². The minimum atomic E-state index is -1.13. The topological polar surface area (TPSA) is 205 Å². The molecule has 2 aliphatic rings. The van der Waals surface area contributed by atoms with Crippen molar-refractivity contribution in [1.82, 2.24) is 29.2 Å². The zero-order valence-corrected chi connectivity index (χ0v) is 32.2. The maximum Gasteiger partial charge on any atom is 1.00 e. The van der Waals surface area contributed by atoms with Gasteiger partial charge in [-0.15, -0.1) is 0 Å². The van der Waals surface area contributed by atoms with Crippen molar-refractivity contribution in [2.45, 2.75) is 44.2 Å². The number of rotatable bonds is 6. The summed E-state index contributed by atoms with van der Waals surface area (Å²) in [5.41, 5.74) is 3.45. The standard InChI is InChI=1S/C18H13F2N5O2.C18H15F2N5.CO2.Na.H2O/c19-13-3-11(4-15(5-13)27-10-26)16-6-14(20)9-24(16)17-1-2-25-18(23-17)12(7-21)8-22-25;1-11-4-12(6-14(19)5-11)16-7-15(20)10-24(16)17-2-3-25-18(23-17)13(8-21)9-22-25;2-1-3;;/h1-5,8,10,14,16H,6,9H2;2-6,9,15-16H,7,10H2,1H3;;;1H2/q;;;+1;/p-1/t14-,16+;15-,16+;;;/m00.../s1. The number of hydrogen-bond donors (Lipinski definition) is 0. The zero-order chi connectivity index (χ0) is 39.2. The third-order valence-corrected chi connectivity index (χ3v) is 8.95. The zero-order valence-electron chi connectivity index (χ0n) is 30.2. The molecule has 6 heterocycles. The molecule has 8 rings (SSSR count). The smallest absolute Gasteiger partial charge is 0.870 e. The predicted octanol–water partition coefficient (Wildman–Crippen LogP) is 2.15. The van der Waals surface area contributed by atoms with Crippen molar-refractivity contribution in [3.63, 3.8) is 0 Å². The molecule has 20 heteroatoms. The Morgan fingerprint density at radius 2 is 1.23 bits per heavy atom. The largest absolute Gasteiger partial charge is 1.00 e. The van der Waals surface area contributed by atoms with Crippen LogP contribution in [0, 0.1) is 41.2 Å². The van der Waals surface area contributed by atoms with Gasteiger partial charge in [0.15, 0.2) is 11.3 Å². The van der Waals surface area contributed by atoms with Gasteiger partial charge in [0, 0.05) is 31.3 Å². The van der Waals surface area contributed by atoms with Crippen molar-refractivity contribution in [2.75, 3.05) is 22.9 Å². The molecule has 0 saturated carbocycles. The number of alkyl halides is 2. The molecule has 4 atom stereocenters. The summed E-state index contributed by atoms with van der Waals surface area (Å²) < 4.78 is 63.8. The molecule has 0 amide bonds. The number of hydrogen-bond acceptors (Lipinski definition) is 13. The maximum absolute atomic E-state index is 14.2. The van der Waals surface area contributed by atoms with Gasteiger partial charge in [-0.1, -0.05) is 6.07 Å². The Morgan fingerprint density at radius 3 is 1.67 bits per heavy atom. The van der Waals surface area contributed by atoms with Gasteiger partial charge in [0.2, 0.25) is 0 Å². The van der Waals surface area contributed by atoms with Crippen molar-refractivity contribution in [2.24, 2.45) is 0 Å². The van der Waals surface area contributed by atoms with Crippen LogP contribution in [-0.4, -0.2) is 72.7 Å². The van der Waals surface area contributed by atoms with Crippen LogP contribution in [0.4, 0.5) is 29.2 Å². The fourth-order valence-corrected chi connectivity index (χ4v) is 6.76. The minimum Gasteiger partial charge on any atom is -0.870 e. The molecular formula is C37H29F4N10NaO5. The molecule has 2 saturated heterocycles. The Balaban J connectivity index is 0.000000229. The summed E-state index contributed by atoms with van der Waals surface area (Å²) in [6.45, 7) is 2.28. The summed E-state index contributed by atoms with van der Waals surface area (Å²) in [5.74, 6) is 0.136. The summed E-state index contributed by atoms with van der Waals surface area (Å²) in [5, 5.41) is 26.4. The van der Waals surface area contributed by atoms with Crippen molar-refractivity contribution in [1.29, 1.82) is 10.5 Å². The van der Waals surface area contributed by atoms with Crippen LogP contribution < -0.4 is 44.1 Å². The van der Waals surface area contributed by atoms with Crippen molar-refractivity contribution >= 4 is 35.6 Å². The van der Waals surface area contributed by atoms with E-state index in [1.807, 2.05) is 30.0 Å². The number of nitriles is 2. The summed E-state index contributed by atoms with van der Waals surface area (Å²) in [4.78, 5) is 39.3. The second-order valence-corrected chi connectivity index (χ2v) is 12.5. The van der Waals surface area contributed by atoms with E-state index in [1.165, 1.54) is 45.7 Å². The molecule has 0 bridgehead atoms. The number of carbonyl (C=O) groups is 1. The normalized spacial score (nSPS) is 18.1. The number of benzene rings is 2. The van der Waals surface area contributed by atoms with E-state index in [9.17, 15) is 22.4 Å². The van der Waals surface area contributed by atoms with E-state index in [0.29, 0.717) is 39.6 Å². The number of anilines is 2. The molecule has 57 heavy (non-hydrogen) atoms. The molecule has 1 N–H and O–H groups in total. The van der Waals surface area contributed by atoms with Gasteiger partial charge in [-0.25, -0.2) is 36.6 Å². The van der Waals surface area contributed by atoms with Gasteiger partial charge in [-0.05, 0) is 60.0 Å². The van der Waals surface area contributed by atoms with E-state index >= 15 is 0 Å². The van der Waals surface area contributed by atoms with Crippen molar-refractivity contribution in [3.8, 4) is 17.9 Å². The number of aromatic nitrogens is 6. The van der Waals surface area contributed by atoms with Crippen LogP contribution in [0.25, 0.3) is 11.3 Å². The molecule has 0 radical (unpaired) electrons. The maximum atomic E-state index is 14.2. The van der Waals surface area contributed by atoms with E-state index in [2.05, 4.69) is 20.2 Å². The molecule has 2 fully saturated rings. The molecule has 4 aromatic heterocycles. The molecule has 0 spiro atoms. The monoisotopic (exact) mass is 792 g/mol. The summed E-state index contributed by atoms with van der Waals surface area (Å²) in [7, 11) is 0. The van der Waals surface area contributed by atoms with Gasteiger partial charge in [0.25, 0.3) is 6.47 Å². The third kappa shape index (κ3) is 9.61. The first-order valence-corrected chi connectivity index (χ1v) is 16.5. The summed E-state index contributed by atoms with van der Waals surface area (Å²) in [6, 6.07) is 15.3. The van der Waals surface area contributed by atoms with Gasteiger partial charge >= 0.3 is 35.7 Å². The molecule has 6 aromatic rings. The number of ether oxygens (including phenoxy) is 1. The average molecular weight is 793 g/mol. The quantitative estimate of drug-likeness (QED) is 0.135. The number of carbonyl (C=O) groups excluding carboxylic acids is 3. The van der Waals surface area contributed by atoms with Gasteiger partial charge in [-0.3, -0.25) is 4.79 Å².